The smallest absolute Gasteiger partial charge is 0.247 e. The molecule has 0 fully saturated rings. The third-order valence-electron chi connectivity index (χ3n) is 4.93. The number of benzene rings is 2. The maximum absolute atomic E-state index is 14.7. The van der Waals surface area contributed by atoms with Crippen LogP contribution in [-0.2, 0) is 16.0 Å². The second-order valence-electron chi connectivity index (χ2n) is 6.67. The molecule has 0 aliphatic carbocycles. The van der Waals surface area contributed by atoms with E-state index in [4.69, 9.17) is 17.3 Å². The zero-order valence-corrected chi connectivity index (χ0v) is 16.3. The molecule has 1 aromatic heterocycles. The number of carbonyl (C=O) groups is 2. The monoisotopic (exact) mass is 426 g/mol. The van der Waals surface area contributed by atoms with Crippen molar-refractivity contribution in [3.05, 3.63) is 76.3 Å². The van der Waals surface area contributed by atoms with E-state index < -0.39 is 23.7 Å². The summed E-state index contributed by atoms with van der Waals surface area (Å²) in [5.41, 5.74) is 7.60. The van der Waals surface area contributed by atoms with Crippen LogP contribution < -0.4 is 5.73 Å². The number of carbonyl (C=O) groups excluding carboxylic acids is 2. The van der Waals surface area contributed by atoms with Crippen LogP contribution in [0.2, 0.25) is 5.02 Å². The van der Waals surface area contributed by atoms with E-state index >= 15 is 0 Å². The molecule has 1 aliphatic heterocycles. The second-order valence-corrected chi connectivity index (χ2v) is 7.07. The molecule has 0 bridgehead atoms. The Kier molecular flexibility index (Phi) is 5.28. The fraction of sp³-hybridized carbons (Fsp3) is 0.150. The average Bonchev–Trinajstić information content (AvgIpc) is 3.28. The lowest BCUT2D eigenvalue weighted by Gasteiger charge is -2.34. The third kappa shape index (κ3) is 3.55. The molecule has 152 valence electrons. The quantitative estimate of drug-likeness (QED) is 0.643. The van der Waals surface area contributed by atoms with Crippen LogP contribution in [0.3, 0.4) is 0 Å². The van der Waals surface area contributed by atoms with Gasteiger partial charge in [-0.25, -0.2) is 4.39 Å². The second kappa shape index (κ2) is 8.03. The Morgan fingerprint density at radius 2 is 2.03 bits per heavy atom. The highest BCUT2D eigenvalue weighted by Gasteiger charge is 2.33. The van der Waals surface area contributed by atoms with E-state index in [-0.39, 0.29) is 10.6 Å². The predicted molar refractivity (Wildman–Crippen MR) is 107 cm³/mol. The van der Waals surface area contributed by atoms with Crippen molar-refractivity contribution in [3.8, 4) is 5.69 Å². The number of hydrogen-bond donors (Lipinski definition) is 1. The molecule has 2 heterocycles. The average molecular weight is 427 g/mol. The first-order valence-corrected chi connectivity index (χ1v) is 9.42. The predicted octanol–water partition coefficient (Wildman–Crippen LogP) is 2.08. The molecule has 8 nitrogen and oxygen atoms in total. The topological polar surface area (TPSA) is 107 Å². The largest absolute Gasteiger partial charge is 0.368 e. The van der Waals surface area contributed by atoms with Gasteiger partial charge in [0.2, 0.25) is 11.8 Å². The molecular formula is C20H16ClFN6O2. The molecule has 1 aliphatic rings. The Morgan fingerprint density at radius 1 is 1.23 bits per heavy atom. The van der Waals surface area contributed by atoms with Crippen LogP contribution in [0.1, 0.15) is 22.7 Å². The van der Waals surface area contributed by atoms with Gasteiger partial charge >= 0.3 is 0 Å². The molecule has 0 saturated carbocycles. The first-order valence-electron chi connectivity index (χ1n) is 9.04. The van der Waals surface area contributed by atoms with Crippen LogP contribution in [0.15, 0.2) is 48.8 Å². The molecule has 2 aromatic carbocycles. The molecule has 0 spiro atoms. The van der Waals surface area contributed by atoms with Crippen LogP contribution in [-0.4, -0.2) is 43.5 Å². The molecule has 4 rings (SSSR count). The summed E-state index contributed by atoms with van der Waals surface area (Å²) in [5.74, 6) is -1.83. The highest BCUT2D eigenvalue weighted by molar-refractivity contribution is 6.31. The van der Waals surface area contributed by atoms with E-state index in [1.54, 1.807) is 12.1 Å². The zero-order chi connectivity index (χ0) is 21.3. The minimum absolute atomic E-state index is 0.0381. The van der Waals surface area contributed by atoms with Gasteiger partial charge < -0.3 is 10.6 Å². The molecule has 0 radical (unpaired) electrons. The van der Waals surface area contributed by atoms with E-state index in [1.807, 2.05) is 12.1 Å². The van der Waals surface area contributed by atoms with Crippen molar-refractivity contribution >= 4 is 29.5 Å². The van der Waals surface area contributed by atoms with Crippen LogP contribution in [0.4, 0.5) is 4.39 Å². The number of amides is 2. The fourth-order valence-electron chi connectivity index (χ4n) is 3.55. The van der Waals surface area contributed by atoms with Crippen LogP contribution >= 0.6 is 11.6 Å². The van der Waals surface area contributed by atoms with Crippen molar-refractivity contribution in [2.24, 2.45) is 5.73 Å². The molecular weight excluding hydrogens is 411 g/mol. The Bertz CT molecular complexity index is 1150. The first kappa shape index (κ1) is 19.7. The number of hydrogen-bond acceptors (Lipinski definition) is 5. The van der Waals surface area contributed by atoms with Crippen LogP contribution in [0, 0.1) is 5.82 Å². The van der Waals surface area contributed by atoms with E-state index in [0.717, 1.165) is 5.56 Å². The number of nitrogens with two attached hydrogens (primary N) is 1. The molecule has 1 atom stereocenters. The molecule has 10 heteroatoms. The number of primary amides is 1. The normalized spacial score (nSPS) is 15.9. The number of nitrogens with zero attached hydrogens (tertiary/aromatic N) is 5. The lowest BCUT2D eigenvalue weighted by Crippen LogP contribution is -2.45. The van der Waals surface area contributed by atoms with Gasteiger partial charge in [-0.05, 0) is 46.2 Å². The summed E-state index contributed by atoms with van der Waals surface area (Å²) in [6, 6.07) is 9.36. The van der Waals surface area contributed by atoms with Crippen LogP contribution in [0.25, 0.3) is 11.8 Å². The van der Waals surface area contributed by atoms with E-state index in [1.165, 1.54) is 40.2 Å². The van der Waals surface area contributed by atoms with Crippen molar-refractivity contribution in [2.75, 3.05) is 6.54 Å². The molecule has 1 unspecified atom stereocenters. The molecule has 2 amide bonds. The van der Waals surface area contributed by atoms with Gasteiger partial charge in [-0.1, -0.05) is 35.9 Å². The van der Waals surface area contributed by atoms with Gasteiger partial charge in [-0.3, -0.25) is 9.59 Å². The van der Waals surface area contributed by atoms with Gasteiger partial charge in [0, 0.05) is 18.2 Å². The summed E-state index contributed by atoms with van der Waals surface area (Å²) >= 11 is 5.91. The SMILES string of the molecule is NC(=O)C1c2ccccc2CCN1C(=O)/C=C/c1c(-n2cnnn2)ccc(Cl)c1F. The number of halogens is 2. The summed E-state index contributed by atoms with van der Waals surface area (Å²) in [7, 11) is 0. The van der Waals surface area contributed by atoms with Crippen molar-refractivity contribution in [2.45, 2.75) is 12.5 Å². The van der Waals surface area contributed by atoms with Gasteiger partial charge in [-0.15, -0.1) is 5.10 Å². The first-order chi connectivity index (χ1) is 14.5. The summed E-state index contributed by atoms with van der Waals surface area (Å²) in [4.78, 5) is 26.4. The minimum Gasteiger partial charge on any atom is -0.368 e. The van der Waals surface area contributed by atoms with Gasteiger partial charge in [-0.2, -0.15) is 4.68 Å². The summed E-state index contributed by atoms with van der Waals surface area (Å²) in [6.45, 7) is 0.311. The van der Waals surface area contributed by atoms with E-state index in [2.05, 4.69) is 15.5 Å². The Hall–Kier alpha value is -3.59. The Labute approximate surface area is 175 Å². The Balaban J connectivity index is 1.68. The van der Waals surface area contributed by atoms with Gasteiger partial charge in [0.25, 0.3) is 0 Å². The van der Waals surface area contributed by atoms with Crippen molar-refractivity contribution in [1.29, 1.82) is 0 Å². The number of rotatable bonds is 4. The van der Waals surface area contributed by atoms with Crippen molar-refractivity contribution in [1.82, 2.24) is 25.1 Å². The summed E-state index contributed by atoms with van der Waals surface area (Å²) in [6.07, 6.45) is 4.36. The maximum atomic E-state index is 14.7. The van der Waals surface area contributed by atoms with Crippen molar-refractivity contribution in [3.63, 3.8) is 0 Å². The minimum atomic E-state index is -0.893. The molecule has 30 heavy (non-hydrogen) atoms. The van der Waals surface area contributed by atoms with Gasteiger partial charge in [0.05, 0.1) is 10.7 Å². The van der Waals surface area contributed by atoms with Gasteiger partial charge in [0.1, 0.15) is 12.4 Å². The van der Waals surface area contributed by atoms with Crippen molar-refractivity contribution < 1.29 is 14.0 Å². The third-order valence-corrected chi connectivity index (χ3v) is 5.23. The fourth-order valence-corrected chi connectivity index (χ4v) is 3.71. The van der Waals surface area contributed by atoms with Crippen LogP contribution in [0.5, 0.6) is 0 Å². The standard InChI is InChI=1S/C20H16ClFN6O2/c21-15-6-7-16(28-11-24-25-26-28)14(18(15)22)5-8-17(29)27-10-9-12-3-1-2-4-13(12)19(27)20(23)30/h1-8,11,19H,9-10H2,(H2,23,30)/b8-5+. The molecule has 3 aromatic rings. The Morgan fingerprint density at radius 3 is 2.77 bits per heavy atom. The van der Waals surface area contributed by atoms with Gasteiger partial charge in [0.15, 0.2) is 5.82 Å². The number of fused-ring (bicyclic) bond motifs is 1. The maximum Gasteiger partial charge on any atom is 0.247 e. The summed E-state index contributed by atoms with van der Waals surface area (Å²) < 4.78 is 15.9. The molecule has 2 N–H and O–H groups in total. The lowest BCUT2D eigenvalue weighted by molar-refractivity contribution is -0.136. The van der Waals surface area contributed by atoms with E-state index in [9.17, 15) is 14.0 Å². The zero-order valence-electron chi connectivity index (χ0n) is 15.6. The molecule has 0 saturated heterocycles. The highest BCUT2D eigenvalue weighted by atomic mass is 35.5. The van der Waals surface area contributed by atoms with E-state index in [0.29, 0.717) is 24.2 Å². The number of aromatic nitrogens is 4. The lowest BCUT2D eigenvalue weighted by atomic mass is 9.92. The number of tetrazole rings is 1. The summed E-state index contributed by atoms with van der Waals surface area (Å²) in [5, 5.41) is 10.7. The highest BCUT2D eigenvalue weighted by Crippen LogP contribution is 2.30.